The maximum atomic E-state index is 13.3. The molecule has 25 heavy (non-hydrogen) atoms. The van der Waals surface area contributed by atoms with E-state index < -0.39 is 40.4 Å². The number of hydrogen-bond acceptors (Lipinski definition) is 3. The van der Waals surface area contributed by atoms with Gasteiger partial charge in [0.1, 0.15) is 5.41 Å². The summed E-state index contributed by atoms with van der Waals surface area (Å²) in [4.78, 5) is 24.7. The van der Waals surface area contributed by atoms with Gasteiger partial charge in [-0.2, -0.15) is 0 Å². The molecule has 0 atom stereocenters. The van der Waals surface area contributed by atoms with E-state index in [0.717, 1.165) is 24.3 Å². The molecule has 1 saturated carbocycles. The Morgan fingerprint density at radius 3 is 1.84 bits per heavy atom. The number of amides is 2. The normalized spacial score (nSPS) is 14.7. The van der Waals surface area contributed by atoms with Crippen molar-refractivity contribution in [3.8, 4) is 5.75 Å². The van der Waals surface area contributed by atoms with Crippen LogP contribution in [-0.4, -0.2) is 16.9 Å². The van der Waals surface area contributed by atoms with Crippen LogP contribution in [0.2, 0.25) is 0 Å². The lowest BCUT2D eigenvalue weighted by atomic mass is 10.0. The van der Waals surface area contributed by atoms with Crippen LogP contribution in [0.3, 0.4) is 0 Å². The number of carbonyl (C=O) groups is 2. The summed E-state index contributed by atoms with van der Waals surface area (Å²) in [5.41, 5.74) is -1.23. The summed E-state index contributed by atoms with van der Waals surface area (Å²) in [6.45, 7) is 0. The van der Waals surface area contributed by atoms with Gasteiger partial charge in [-0.05, 0) is 37.1 Å². The molecule has 0 radical (unpaired) electrons. The van der Waals surface area contributed by atoms with Gasteiger partial charge in [0, 0.05) is 23.5 Å². The second-order valence-corrected chi connectivity index (χ2v) is 5.79. The van der Waals surface area contributed by atoms with Crippen molar-refractivity contribution in [2.45, 2.75) is 12.8 Å². The molecule has 1 fully saturated rings. The zero-order chi connectivity index (χ0) is 18.2. The minimum absolute atomic E-state index is 0.0265. The van der Waals surface area contributed by atoms with E-state index in [4.69, 9.17) is 5.11 Å². The predicted octanol–water partition coefficient (Wildman–Crippen LogP) is 3.17. The topological polar surface area (TPSA) is 78.4 Å². The van der Waals surface area contributed by atoms with Gasteiger partial charge in [-0.15, -0.1) is 0 Å². The molecule has 8 heteroatoms. The molecule has 0 spiro atoms. The second kappa shape index (κ2) is 6.12. The summed E-state index contributed by atoms with van der Waals surface area (Å²) in [7, 11) is 0. The molecule has 2 amide bonds. The summed E-state index contributed by atoms with van der Waals surface area (Å²) < 4.78 is 39.4. The van der Waals surface area contributed by atoms with E-state index in [2.05, 4.69) is 10.6 Å². The molecule has 0 aromatic heterocycles. The number of phenolic OH excluding ortho intramolecular Hbond substituents is 1. The van der Waals surface area contributed by atoms with E-state index in [1.807, 2.05) is 0 Å². The van der Waals surface area contributed by atoms with Gasteiger partial charge >= 0.3 is 0 Å². The summed E-state index contributed by atoms with van der Waals surface area (Å²) in [5.74, 6) is -4.94. The molecule has 0 bridgehead atoms. The van der Waals surface area contributed by atoms with Crippen molar-refractivity contribution >= 4 is 23.2 Å². The lowest BCUT2D eigenvalue weighted by Gasteiger charge is -2.15. The molecule has 1 aliphatic carbocycles. The van der Waals surface area contributed by atoms with E-state index in [1.165, 1.54) is 12.1 Å². The van der Waals surface area contributed by atoms with Crippen molar-refractivity contribution in [1.29, 1.82) is 0 Å². The lowest BCUT2D eigenvalue weighted by molar-refractivity contribution is -0.131. The first-order valence-corrected chi connectivity index (χ1v) is 7.38. The second-order valence-electron chi connectivity index (χ2n) is 5.79. The minimum atomic E-state index is -1.35. The molecule has 2 aromatic carbocycles. The first-order chi connectivity index (χ1) is 11.8. The highest BCUT2D eigenvalue weighted by Crippen LogP contribution is 2.47. The zero-order valence-electron chi connectivity index (χ0n) is 12.8. The van der Waals surface area contributed by atoms with Crippen LogP contribution in [0.25, 0.3) is 0 Å². The molecule has 3 rings (SSSR count). The third-order valence-corrected chi connectivity index (χ3v) is 4.00. The van der Waals surface area contributed by atoms with Crippen LogP contribution in [0.1, 0.15) is 12.8 Å². The molecule has 2 aromatic rings. The number of hydrogen-bond donors (Lipinski definition) is 3. The molecular formula is C17H13F3N2O3. The minimum Gasteiger partial charge on any atom is -0.505 e. The predicted molar refractivity (Wildman–Crippen MR) is 83.3 cm³/mol. The molecule has 0 unspecified atom stereocenters. The Kier molecular flexibility index (Phi) is 4.12. The fraction of sp³-hybridized carbons (Fsp3) is 0.176. The number of benzene rings is 2. The Labute approximate surface area is 140 Å². The Morgan fingerprint density at radius 2 is 1.36 bits per heavy atom. The molecule has 0 saturated heterocycles. The fourth-order valence-electron chi connectivity index (χ4n) is 2.34. The molecule has 3 N–H and O–H groups in total. The Balaban J connectivity index is 1.72. The quantitative estimate of drug-likeness (QED) is 0.585. The van der Waals surface area contributed by atoms with Gasteiger partial charge < -0.3 is 15.7 Å². The van der Waals surface area contributed by atoms with Crippen molar-refractivity contribution in [1.82, 2.24) is 0 Å². The number of anilines is 2. The van der Waals surface area contributed by atoms with Crippen molar-refractivity contribution in [3.05, 3.63) is 53.8 Å². The van der Waals surface area contributed by atoms with E-state index in [0.29, 0.717) is 0 Å². The maximum absolute atomic E-state index is 13.3. The van der Waals surface area contributed by atoms with Gasteiger partial charge in [-0.3, -0.25) is 9.59 Å². The summed E-state index contributed by atoms with van der Waals surface area (Å²) in [6.07, 6.45) is 0.545. The molecule has 1 aliphatic rings. The number of phenols is 1. The van der Waals surface area contributed by atoms with Gasteiger partial charge in [0.05, 0.1) is 0 Å². The van der Waals surface area contributed by atoms with Gasteiger partial charge in [0.25, 0.3) is 0 Å². The third kappa shape index (κ3) is 3.28. The Hall–Kier alpha value is -3.03. The summed E-state index contributed by atoms with van der Waals surface area (Å²) in [5, 5.41) is 13.9. The molecule has 5 nitrogen and oxygen atoms in total. The van der Waals surface area contributed by atoms with Crippen LogP contribution in [-0.2, 0) is 9.59 Å². The van der Waals surface area contributed by atoms with Gasteiger partial charge in [-0.1, -0.05) is 0 Å². The van der Waals surface area contributed by atoms with Crippen LogP contribution < -0.4 is 10.6 Å². The molecule has 0 heterocycles. The average molecular weight is 350 g/mol. The number of carbonyl (C=O) groups excluding carboxylic acids is 2. The van der Waals surface area contributed by atoms with Gasteiger partial charge in [-0.25, -0.2) is 13.2 Å². The van der Waals surface area contributed by atoms with Crippen LogP contribution in [0.4, 0.5) is 24.5 Å². The highest BCUT2D eigenvalue weighted by atomic mass is 19.2. The van der Waals surface area contributed by atoms with Crippen molar-refractivity contribution in [2.24, 2.45) is 5.41 Å². The van der Waals surface area contributed by atoms with Crippen LogP contribution in [0.15, 0.2) is 36.4 Å². The van der Waals surface area contributed by atoms with Gasteiger partial charge in [0.2, 0.25) is 11.8 Å². The third-order valence-electron chi connectivity index (χ3n) is 4.00. The van der Waals surface area contributed by atoms with Gasteiger partial charge in [0.15, 0.2) is 23.2 Å². The van der Waals surface area contributed by atoms with E-state index in [1.54, 1.807) is 0 Å². The van der Waals surface area contributed by atoms with E-state index in [-0.39, 0.29) is 24.2 Å². The van der Waals surface area contributed by atoms with E-state index in [9.17, 15) is 22.8 Å². The average Bonchev–Trinajstić information content (AvgIpc) is 3.36. The first kappa shape index (κ1) is 16.8. The SMILES string of the molecule is O=C(Nc1ccc(O)c(F)c1)C1(C(=O)Nc2ccc(F)c(F)c2)CC1. The van der Waals surface area contributed by atoms with Crippen molar-refractivity contribution in [2.75, 3.05) is 10.6 Å². The highest BCUT2D eigenvalue weighted by molar-refractivity contribution is 6.16. The number of aromatic hydroxyl groups is 1. The summed E-state index contributed by atoms with van der Waals surface area (Å²) >= 11 is 0. The Morgan fingerprint density at radius 1 is 0.840 bits per heavy atom. The zero-order valence-corrected chi connectivity index (χ0v) is 12.8. The summed E-state index contributed by atoms with van der Waals surface area (Å²) in [6, 6.07) is 6.15. The highest BCUT2D eigenvalue weighted by Gasteiger charge is 2.56. The van der Waals surface area contributed by atoms with Crippen LogP contribution >= 0.6 is 0 Å². The Bertz CT molecular complexity index is 799. The number of nitrogens with one attached hydrogen (secondary N) is 2. The van der Waals surface area contributed by atoms with Crippen LogP contribution in [0.5, 0.6) is 5.75 Å². The van der Waals surface area contributed by atoms with Crippen molar-refractivity contribution < 1.29 is 27.9 Å². The smallest absolute Gasteiger partial charge is 0.240 e. The molecule has 0 aliphatic heterocycles. The molecule has 130 valence electrons. The van der Waals surface area contributed by atoms with Crippen molar-refractivity contribution in [3.63, 3.8) is 0 Å². The standard InChI is InChI=1S/C17H13F3N2O3/c18-11-3-1-9(7-12(11)19)21-15(24)17(5-6-17)16(25)22-10-2-4-14(23)13(20)8-10/h1-4,7-8,23H,5-6H2,(H,21,24)(H,22,25). The largest absolute Gasteiger partial charge is 0.505 e. The maximum Gasteiger partial charge on any atom is 0.240 e. The number of rotatable bonds is 4. The lowest BCUT2D eigenvalue weighted by Crippen LogP contribution is -2.35. The van der Waals surface area contributed by atoms with E-state index >= 15 is 0 Å². The number of halogens is 3. The molecular weight excluding hydrogens is 337 g/mol. The van der Waals surface area contributed by atoms with Crippen LogP contribution in [0, 0.1) is 22.9 Å². The fourth-order valence-corrected chi connectivity index (χ4v) is 2.34. The first-order valence-electron chi connectivity index (χ1n) is 7.38. The monoisotopic (exact) mass is 350 g/mol.